The van der Waals surface area contributed by atoms with Crippen molar-refractivity contribution in [3.63, 3.8) is 0 Å². The normalized spacial score (nSPS) is 14.7. The number of carbonyl (C=O) groups is 1. The quantitative estimate of drug-likeness (QED) is 0.481. The Kier molecular flexibility index (Phi) is 4.32. The summed E-state index contributed by atoms with van der Waals surface area (Å²) in [6.07, 6.45) is 2.22. The minimum absolute atomic E-state index is 0.0734. The first-order valence-corrected chi connectivity index (χ1v) is 7.20. The maximum atomic E-state index is 11.9. The third kappa shape index (κ3) is 4.29. The van der Waals surface area contributed by atoms with Crippen LogP contribution in [-0.4, -0.2) is 28.0 Å². The average molecular weight is 292 g/mol. The number of rotatable bonds is 5. The van der Waals surface area contributed by atoms with Gasteiger partial charge in [0.25, 0.3) is 0 Å². The van der Waals surface area contributed by atoms with Gasteiger partial charge >= 0.3 is 0 Å². The molecule has 0 bridgehead atoms. The number of amides is 1. The molecule has 1 aromatic rings. The Morgan fingerprint density at radius 2 is 1.90 bits per heavy atom. The molecule has 0 aromatic carbocycles. The largest absolute Gasteiger partial charge is 0.361 e. The number of hydrazine groups is 1. The topological polar surface area (TPSA) is 105 Å². The molecule has 2 rings (SSSR count). The summed E-state index contributed by atoms with van der Waals surface area (Å²) >= 11 is 0. The zero-order valence-electron chi connectivity index (χ0n) is 13.1. The van der Waals surface area contributed by atoms with Gasteiger partial charge in [0.1, 0.15) is 17.5 Å². The summed E-state index contributed by atoms with van der Waals surface area (Å²) in [7, 11) is 0. The number of nitrogen functional groups attached to an aromatic ring is 1. The van der Waals surface area contributed by atoms with Crippen LogP contribution in [0.5, 0.6) is 0 Å². The minimum atomic E-state index is -0.247. The molecule has 21 heavy (non-hydrogen) atoms. The van der Waals surface area contributed by atoms with Crippen molar-refractivity contribution in [3.8, 4) is 0 Å². The SMILES string of the molecule is Cc1c(NN)nc(C2CC2)nc1NCC(=O)NC(C)(C)C. The summed E-state index contributed by atoms with van der Waals surface area (Å²) in [5.41, 5.74) is 3.16. The Labute approximate surface area is 125 Å². The van der Waals surface area contributed by atoms with Crippen molar-refractivity contribution in [1.82, 2.24) is 15.3 Å². The van der Waals surface area contributed by atoms with E-state index in [-0.39, 0.29) is 18.0 Å². The zero-order valence-corrected chi connectivity index (χ0v) is 13.1. The van der Waals surface area contributed by atoms with E-state index in [1.165, 1.54) is 0 Å². The molecule has 1 aliphatic carbocycles. The van der Waals surface area contributed by atoms with Gasteiger partial charge in [0.15, 0.2) is 0 Å². The number of nitrogens with two attached hydrogens (primary N) is 1. The molecular formula is C14H24N6O. The highest BCUT2D eigenvalue weighted by molar-refractivity contribution is 5.81. The van der Waals surface area contributed by atoms with Crippen LogP contribution in [0.15, 0.2) is 0 Å². The highest BCUT2D eigenvalue weighted by Gasteiger charge is 2.28. The van der Waals surface area contributed by atoms with E-state index in [9.17, 15) is 4.79 Å². The number of anilines is 2. The first-order chi connectivity index (χ1) is 9.80. The minimum Gasteiger partial charge on any atom is -0.361 e. The predicted octanol–water partition coefficient (Wildman–Crippen LogP) is 1.27. The standard InChI is InChI=1S/C14H24N6O/c1-8-11(16-7-10(21)19-14(2,3)4)17-13(9-5-6-9)18-12(8)20-15/h9H,5-7,15H2,1-4H3,(H,19,21)(H2,16,17,18,20). The molecule has 1 saturated carbocycles. The molecule has 1 fully saturated rings. The van der Waals surface area contributed by atoms with Gasteiger partial charge in [-0.3, -0.25) is 4.79 Å². The molecule has 1 heterocycles. The van der Waals surface area contributed by atoms with Gasteiger partial charge in [-0.05, 0) is 40.5 Å². The van der Waals surface area contributed by atoms with Crippen LogP contribution in [0.3, 0.4) is 0 Å². The van der Waals surface area contributed by atoms with Crippen LogP contribution in [0.1, 0.15) is 50.9 Å². The van der Waals surface area contributed by atoms with E-state index in [4.69, 9.17) is 5.84 Å². The van der Waals surface area contributed by atoms with Gasteiger partial charge < -0.3 is 16.1 Å². The number of aromatic nitrogens is 2. The van der Waals surface area contributed by atoms with Crippen molar-refractivity contribution in [2.45, 2.75) is 52.0 Å². The molecule has 1 amide bonds. The Morgan fingerprint density at radius 1 is 1.29 bits per heavy atom. The number of nitrogens with zero attached hydrogens (tertiary/aromatic N) is 2. The van der Waals surface area contributed by atoms with Gasteiger partial charge in [-0.2, -0.15) is 0 Å². The van der Waals surface area contributed by atoms with Crippen molar-refractivity contribution in [3.05, 3.63) is 11.4 Å². The molecule has 7 nitrogen and oxygen atoms in total. The second kappa shape index (κ2) is 5.85. The predicted molar refractivity (Wildman–Crippen MR) is 82.9 cm³/mol. The van der Waals surface area contributed by atoms with Gasteiger partial charge in [0.05, 0.1) is 6.54 Å². The fourth-order valence-corrected chi connectivity index (χ4v) is 2.00. The fraction of sp³-hybridized carbons (Fsp3) is 0.643. The first-order valence-electron chi connectivity index (χ1n) is 7.20. The van der Waals surface area contributed by atoms with Crippen LogP contribution in [-0.2, 0) is 4.79 Å². The lowest BCUT2D eigenvalue weighted by Crippen LogP contribution is -2.43. The summed E-state index contributed by atoms with van der Waals surface area (Å²) < 4.78 is 0. The van der Waals surface area contributed by atoms with Crippen LogP contribution in [0.2, 0.25) is 0 Å². The van der Waals surface area contributed by atoms with E-state index >= 15 is 0 Å². The highest BCUT2D eigenvalue weighted by Crippen LogP contribution is 2.39. The van der Waals surface area contributed by atoms with Gasteiger partial charge in [0.2, 0.25) is 5.91 Å². The number of hydrogen-bond acceptors (Lipinski definition) is 6. The zero-order chi connectivity index (χ0) is 15.6. The number of carbonyl (C=O) groups excluding carboxylic acids is 1. The van der Waals surface area contributed by atoms with Gasteiger partial charge in [-0.15, -0.1) is 0 Å². The Bertz CT molecular complexity index is 533. The van der Waals surface area contributed by atoms with E-state index in [1.807, 2.05) is 27.7 Å². The third-order valence-corrected chi connectivity index (χ3v) is 3.17. The van der Waals surface area contributed by atoms with E-state index < -0.39 is 0 Å². The Hall–Kier alpha value is -1.89. The summed E-state index contributed by atoms with van der Waals surface area (Å²) in [6, 6.07) is 0. The third-order valence-electron chi connectivity index (χ3n) is 3.17. The van der Waals surface area contributed by atoms with E-state index in [1.54, 1.807) is 0 Å². The number of hydrogen-bond donors (Lipinski definition) is 4. The fourth-order valence-electron chi connectivity index (χ4n) is 2.00. The van der Waals surface area contributed by atoms with E-state index in [2.05, 4.69) is 26.0 Å². The molecule has 0 saturated heterocycles. The van der Waals surface area contributed by atoms with E-state index in [0.29, 0.717) is 17.6 Å². The van der Waals surface area contributed by atoms with Crippen LogP contribution in [0, 0.1) is 6.92 Å². The smallest absolute Gasteiger partial charge is 0.239 e. The van der Waals surface area contributed by atoms with Crippen molar-refractivity contribution in [2.75, 3.05) is 17.3 Å². The summed E-state index contributed by atoms with van der Waals surface area (Å²) in [4.78, 5) is 20.8. The lowest BCUT2D eigenvalue weighted by molar-refractivity contribution is -0.120. The van der Waals surface area contributed by atoms with Crippen LogP contribution >= 0.6 is 0 Å². The van der Waals surface area contributed by atoms with Crippen LogP contribution in [0.25, 0.3) is 0 Å². The number of nitrogens with one attached hydrogen (secondary N) is 3. The van der Waals surface area contributed by atoms with Gasteiger partial charge in [0, 0.05) is 17.0 Å². The second-order valence-electron chi connectivity index (χ2n) is 6.47. The van der Waals surface area contributed by atoms with Crippen molar-refractivity contribution >= 4 is 17.5 Å². The molecule has 7 heteroatoms. The Morgan fingerprint density at radius 3 is 2.43 bits per heavy atom. The van der Waals surface area contributed by atoms with Crippen molar-refractivity contribution in [1.29, 1.82) is 0 Å². The lowest BCUT2D eigenvalue weighted by Gasteiger charge is -2.21. The molecule has 0 unspecified atom stereocenters. The highest BCUT2D eigenvalue weighted by atomic mass is 16.2. The lowest BCUT2D eigenvalue weighted by atomic mass is 10.1. The first kappa shape index (κ1) is 15.5. The van der Waals surface area contributed by atoms with Gasteiger partial charge in [-0.25, -0.2) is 15.8 Å². The summed E-state index contributed by atoms with van der Waals surface area (Å²) in [5, 5.41) is 5.98. The van der Waals surface area contributed by atoms with Crippen molar-refractivity contribution in [2.24, 2.45) is 5.84 Å². The van der Waals surface area contributed by atoms with Crippen molar-refractivity contribution < 1.29 is 4.79 Å². The maximum absolute atomic E-state index is 11.9. The van der Waals surface area contributed by atoms with Crippen LogP contribution in [0.4, 0.5) is 11.6 Å². The molecule has 5 N–H and O–H groups in total. The second-order valence-corrected chi connectivity index (χ2v) is 6.47. The average Bonchev–Trinajstić information content (AvgIpc) is 3.19. The molecule has 1 aromatic heterocycles. The van der Waals surface area contributed by atoms with Crippen LogP contribution < -0.4 is 21.9 Å². The van der Waals surface area contributed by atoms with E-state index in [0.717, 1.165) is 24.2 Å². The summed E-state index contributed by atoms with van der Waals surface area (Å²) in [5.74, 6) is 7.89. The maximum Gasteiger partial charge on any atom is 0.239 e. The molecule has 1 aliphatic rings. The molecular weight excluding hydrogens is 268 g/mol. The summed E-state index contributed by atoms with van der Waals surface area (Å²) in [6.45, 7) is 7.88. The Balaban J connectivity index is 2.08. The molecule has 0 atom stereocenters. The monoisotopic (exact) mass is 292 g/mol. The molecule has 0 radical (unpaired) electrons. The molecule has 0 spiro atoms. The molecule has 0 aliphatic heterocycles. The van der Waals surface area contributed by atoms with Gasteiger partial charge in [-0.1, -0.05) is 0 Å². The molecule has 116 valence electrons.